The van der Waals surface area contributed by atoms with Crippen LogP contribution in [-0.4, -0.2) is 35.9 Å². The van der Waals surface area contributed by atoms with Crippen molar-refractivity contribution in [2.75, 3.05) is 20.2 Å². The van der Waals surface area contributed by atoms with Crippen molar-refractivity contribution in [1.82, 2.24) is 20.4 Å². The van der Waals surface area contributed by atoms with Crippen molar-refractivity contribution < 1.29 is 9.53 Å². The molecule has 0 bridgehead atoms. The topological polar surface area (TPSA) is 68.2 Å². The molecule has 1 aromatic heterocycles. The van der Waals surface area contributed by atoms with Gasteiger partial charge in [-0.25, -0.2) is 0 Å². The predicted octanol–water partition coefficient (Wildman–Crippen LogP) is 1.36. The van der Waals surface area contributed by atoms with Crippen LogP contribution in [0.1, 0.15) is 18.5 Å². The monoisotopic (exact) mass is 302 g/mol. The molecule has 0 aliphatic heterocycles. The molecule has 0 saturated heterocycles. The smallest absolute Gasteiger partial charge is 0.234 e. The lowest BCUT2D eigenvalue weighted by Gasteiger charge is -2.17. The molecule has 0 aliphatic carbocycles. The highest BCUT2D eigenvalue weighted by molar-refractivity contribution is 5.78. The van der Waals surface area contributed by atoms with Crippen molar-refractivity contribution in [2.24, 2.45) is 0 Å². The summed E-state index contributed by atoms with van der Waals surface area (Å²) in [5.74, 6) is 0.737. The Morgan fingerprint density at radius 2 is 2.18 bits per heavy atom. The van der Waals surface area contributed by atoms with Gasteiger partial charge in [0.2, 0.25) is 5.91 Å². The maximum absolute atomic E-state index is 12.0. The normalized spacial score (nSPS) is 11.9. The quantitative estimate of drug-likeness (QED) is 0.723. The fraction of sp³-hybridized carbons (Fsp3) is 0.375. The summed E-state index contributed by atoms with van der Waals surface area (Å²) in [7, 11) is 1.63. The van der Waals surface area contributed by atoms with Crippen LogP contribution >= 0.6 is 0 Å². The molecule has 1 atom stereocenters. The summed E-state index contributed by atoms with van der Waals surface area (Å²) >= 11 is 0. The number of benzene rings is 1. The molecule has 0 saturated carbocycles. The van der Waals surface area contributed by atoms with Crippen molar-refractivity contribution in [3.8, 4) is 5.75 Å². The maximum Gasteiger partial charge on any atom is 0.234 e. The van der Waals surface area contributed by atoms with E-state index in [9.17, 15) is 4.79 Å². The number of carbonyl (C=O) groups is 1. The number of hydrogen-bond donors (Lipinski definition) is 2. The zero-order valence-corrected chi connectivity index (χ0v) is 13.0. The van der Waals surface area contributed by atoms with E-state index in [-0.39, 0.29) is 18.5 Å². The number of rotatable bonds is 8. The number of nitrogens with one attached hydrogen (secondary N) is 2. The predicted molar refractivity (Wildman–Crippen MR) is 84.6 cm³/mol. The summed E-state index contributed by atoms with van der Waals surface area (Å²) < 4.78 is 7.13. The number of ether oxygens (including phenoxy) is 1. The van der Waals surface area contributed by atoms with Gasteiger partial charge in [-0.05, 0) is 19.1 Å². The van der Waals surface area contributed by atoms with Crippen molar-refractivity contribution in [1.29, 1.82) is 0 Å². The van der Waals surface area contributed by atoms with Gasteiger partial charge in [-0.2, -0.15) is 5.10 Å². The van der Waals surface area contributed by atoms with Gasteiger partial charge >= 0.3 is 0 Å². The second-order valence-corrected chi connectivity index (χ2v) is 4.98. The van der Waals surface area contributed by atoms with Crippen molar-refractivity contribution in [2.45, 2.75) is 19.5 Å². The Morgan fingerprint density at radius 1 is 1.36 bits per heavy atom. The molecule has 22 heavy (non-hydrogen) atoms. The van der Waals surface area contributed by atoms with Gasteiger partial charge in [-0.1, -0.05) is 18.2 Å². The van der Waals surface area contributed by atoms with E-state index in [0.717, 1.165) is 17.9 Å². The Hall–Kier alpha value is -2.34. The molecule has 0 spiro atoms. The number of amides is 1. The minimum Gasteiger partial charge on any atom is -0.496 e. The summed E-state index contributed by atoms with van der Waals surface area (Å²) in [4.78, 5) is 12.0. The number of aromatic nitrogens is 2. The number of nitrogens with zero attached hydrogens (tertiary/aromatic N) is 2. The molecule has 6 heteroatoms. The molecule has 118 valence electrons. The van der Waals surface area contributed by atoms with Crippen LogP contribution in [0.5, 0.6) is 5.75 Å². The fourth-order valence-electron chi connectivity index (χ4n) is 2.22. The molecule has 2 aromatic rings. The molecule has 6 nitrogen and oxygen atoms in total. The highest BCUT2D eigenvalue weighted by Crippen LogP contribution is 2.23. The second kappa shape index (κ2) is 8.19. The van der Waals surface area contributed by atoms with Gasteiger partial charge in [0.25, 0.3) is 0 Å². The van der Waals surface area contributed by atoms with Crippen LogP contribution in [-0.2, 0) is 11.3 Å². The Morgan fingerprint density at radius 3 is 2.91 bits per heavy atom. The van der Waals surface area contributed by atoms with E-state index in [0.29, 0.717) is 6.54 Å². The molecule has 2 N–H and O–H groups in total. The zero-order chi connectivity index (χ0) is 15.8. The third-order valence-corrected chi connectivity index (χ3v) is 3.35. The molecule has 0 radical (unpaired) electrons. The molecular formula is C16H22N4O2. The molecule has 0 unspecified atom stereocenters. The lowest BCUT2D eigenvalue weighted by atomic mass is 10.1. The zero-order valence-electron chi connectivity index (χ0n) is 13.0. The first-order chi connectivity index (χ1) is 10.7. The highest BCUT2D eigenvalue weighted by atomic mass is 16.5. The molecule has 0 aliphatic rings. The van der Waals surface area contributed by atoms with Gasteiger partial charge in [0.15, 0.2) is 0 Å². The molecule has 2 rings (SSSR count). The third kappa shape index (κ3) is 4.60. The summed E-state index contributed by atoms with van der Waals surface area (Å²) in [5, 5.41) is 10.2. The fourth-order valence-corrected chi connectivity index (χ4v) is 2.22. The SMILES string of the molecule is COc1ccccc1[C@@H](C)NC(=O)CNCCn1cccn1. The van der Waals surface area contributed by atoms with E-state index < -0.39 is 0 Å². The van der Waals surface area contributed by atoms with Gasteiger partial charge in [0, 0.05) is 24.5 Å². The van der Waals surface area contributed by atoms with Crippen LogP contribution in [0.2, 0.25) is 0 Å². The maximum atomic E-state index is 12.0. The van der Waals surface area contributed by atoms with Crippen LogP contribution in [0.15, 0.2) is 42.7 Å². The molecule has 1 amide bonds. The molecular weight excluding hydrogens is 280 g/mol. The molecule has 0 fully saturated rings. The Kier molecular flexibility index (Phi) is 5.97. The second-order valence-electron chi connectivity index (χ2n) is 4.98. The first-order valence-electron chi connectivity index (χ1n) is 7.31. The minimum absolute atomic E-state index is 0.0427. The Balaban J connectivity index is 1.74. The van der Waals surface area contributed by atoms with Crippen LogP contribution < -0.4 is 15.4 Å². The standard InChI is InChI=1S/C16H22N4O2/c1-13(14-6-3-4-7-15(14)22-2)19-16(21)12-17-9-11-20-10-5-8-18-20/h3-8,10,13,17H,9,11-12H2,1-2H3,(H,19,21)/t13-/m1/s1. The highest BCUT2D eigenvalue weighted by Gasteiger charge is 2.13. The van der Waals surface area contributed by atoms with E-state index in [2.05, 4.69) is 15.7 Å². The molecule has 1 aromatic carbocycles. The lowest BCUT2D eigenvalue weighted by Crippen LogP contribution is -2.36. The third-order valence-electron chi connectivity index (χ3n) is 3.35. The Labute approximate surface area is 130 Å². The summed E-state index contributed by atoms with van der Waals surface area (Å²) in [6.07, 6.45) is 3.63. The van der Waals surface area contributed by atoms with Gasteiger partial charge in [0.1, 0.15) is 5.75 Å². The van der Waals surface area contributed by atoms with Crippen LogP contribution in [0.4, 0.5) is 0 Å². The van der Waals surface area contributed by atoms with Crippen LogP contribution in [0.25, 0.3) is 0 Å². The van der Waals surface area contributed by atoms with Crippen LogP contribution in [0, 0.1) is 0 Å². The average Bonchev–Trinajstić information content (AvgIpc) is 3.04. The van der Waals surface area contributed by atoms with Gasteiger partial charge in [-0.15, -0.1) is 0 Å². The van der Waals surface area contributed by atoms with E-state index in [1.54, 1.807) is 13.3 Å². The van der Waals surface area contributed by atoms with Gasteiger partial charge in [-0.3, -0.25) is 9.48 Å². The van der Waals surface area contributed by atoms with E-state index in [4.69, 9.17) is 4.74 Å². The first kappa shape index (κ1) is 16.0. The lowest BCUT2D eigenvalue weighted by molar-refractivity contribution is -0.120. The number of methoxy groups -OCH3 is 1. The number of carbonyl (C=O) groups excluding carboxylic acids is 1. The minimum atomic E-state index is -0.100. The summed E-state index contributed by atoms with van der Waals surface area (Å²) in [6.45, 7) is 3.65. The van der Waals surface area contributed by atoms with Crippen LogP contribution in [0.3, 0.4) is 0 Å². The van der Waals surface area contributed by atoms with E-state index in [1.807, 2.05) is 48.1 Å². The van der Waals surface area contributed by atoms with Gasteiger partial charge in [0.05, 0.1) is 26.2 Å². The average molecular weight is 302 g/mol. The van der Waals surface area contributed by atoms with Crippen molar-refractivity contribution >= 4 is 5.91 Å². The van der Waals surface area contributed by atoms with E-state index in [1.165, 1.54) is 0 Å². The first-order valence-corrected chi connectivity index (χ1v) is 7.31. The van der Waals surface area contributed by atoms with Crippen molar-refractivity contribution in [3.63, 3.8) is 0 Å². The Bertz CT molecular complexity index is 584. The number of para-hydroxylation sites is 1. The van der Waals surface area contributed by atoms with Gasteiger partial charge < -0.3 is 15.4 Å². The van der Waals surface area contributed by atoms with Crippen molar-refractivity contribution in [3.05, 3.63) is 48.3 Å². The summed E-state index contributed by atoms with van der Waals surface area (Å²) in [6, 6.07) is 9.46. The van der Waals surface area contributed by atoms with E-state index >= 15 is 0 Å². The summed E-state index contributed by atoms with van der Waals surface area (Å²) in [5.41, 5.74) is 0.967. The number of hydrogen-bond acceptors (Lipinski definition) is 4. The largest absolute Gasteiger partial charge is 0.496 e. The molecule has 1 heterocycles.